The summed E-state index contributed by atoms with van der Waals surface area (Å²) < 4.78 is 7.38. The van der Waals surface area contributed by atoms with Gasteiger partial charge in [-0.3, -0.25) is 4.79 Å². The fourth-order valence-electron chi connectivity index (χ4n) is 2.90. The van der Waals surface area contributed by atoms with Gasteiger partial charge >= 0.3 is 0 Å². The van der Waals surface area contributed by atoms with Crippen molar-refractivity contribution in [3.05, 3.63) is 59.7 Å². The second kappa shape index (κ2) is 8.86. The number of benzene rings is 2. The summed E-state index contributed by atoms with van der Waals surface area (Å²) in [5.41, 5.74) is 2.81. The number of carbonyl (C=O) groups excluding carboxylic acids is 1. The zero-order valence-corrected chi connectivity index (χ0v) is 16.6. The minimum absolute atomic E-state index is 0.0144. The van der Waals surface area contributed by atoms with Gasteiger partial charge < -0.3 is 9.30 Å². The molecular formula is C21H23N3O2S. The van der Waals surface area contributed by atoms with Crippen LogP contribution in [0.4, 0.5) is 0 Å². The first-order chi connectivity index (χ1) is 13.1. The monoisotopic (exact) mass is 381 g/mol. The molecule has 0 unspecified atom stereocenters. The van der Waals surface area contributed by atoms with Gasteiger partial charge in [0.2, 0.25) is 0 Å². The summed E-state index contributed by atoms with van der Waals surface area (Å²) in [4.78, 5) is 12.6. The molecule has 2 aromatic carbocycles. The number of Topliss-reactive ketones (excluding diaryl/α,β-unsaturated/α-hetero) is 1. The van der Waals surface area contributed by atoms with Crippen LogP contribution in [0.5, 0.6) is 5.75 Å². The molecule has 6 heteroatoms. The van der Waals surface area contributed by atoms with E-state index in [2.05, 4.69) is 40.7 Å². The molecule has 0 atom stereocenters. The number of methoxy groups -OCH3 is 1. The zero-order chi connectivity index (χ0) is 19.2. The molecule has 0 N–H and O–H groups in total. The minimum atomic E-state index is 0.0144. The summed E-state index contributed by atoms with van der Waals surface area (Å²) in [5, 5.41) is 9.49. The van der Waals surface area contributed by atoms with Crippen LogP contribution in [0.3, 0.4) is 0 Å². The molecule has 27 heavy (non-hydrogen) atoms. The molecule has 0 aliphatic heterocycles. The Balaban J connectivity index is 1.82. The van der Waals surface area contributed by atoms with E-state index in [-0.39, 0.29) is 11.5 Å². The lowest BCUT2D eigenvalue weighted by Gasteiger charge is -2.10. The van der Waals surface area contributed by atoms with E-state index in [9.17, 15) is 4.79 Å². The lowest BCUT2D eigenvalue weighted by Crippen LogP contribution is -2.07. The highest BCUT2D eigenvalue weighted by Gasteiger charge is 2.17. The summed E-state index contributed by atoms with van der Waals surface area (Å²) in [6.07, 6.45) is 0.963. The van der Waals surface area contributed by atoms with Crippen molar-refractivity contribution in [2.24, 2.45) is 0 Å². The van der Waals surface area contributed by atoms with Gasteiger partial charge in [0, 0.05) is 12.1 Å². The number of aromatic nitrogens is 3. The number of hydrogen-bond acceptors (Lipinski definition) is 5. The van der Waals surface area contributed by atoms with Crippen molar-refractivity contribution in [3.8, 4) is 17.1 Å². The topological polar surface area (TPSA) is 57.0 Å². The first-order valence-electron chi connectivity index (χ1n) is 8.93. The molecular weight excluding hydrogens is 358 g/mol. The molecule has 0 amide bonds. The van der Waals surface area contributed by atoms with Gasteiger partial charge in [-0.1, -0.05) is 54.6 Å². The lowest BCUT2D eigenvalue weighted by atomic mass is 10.1. The Morgan fingerprint density at radius 1 is 1.15 bits per heavy atom. The number of hydrogen-bond donors (Lipinski definition) is 0. The Morgan fingerprint density at radius 3 is 2.70 bits per heavy atom. The molecule has 0 saturated heterocycles. The summed E-state index contributed by atoms with van der Waals surface area (Å²) in [6.45, 7) is 4.99. The number of carbonyl (C=O) groups is 1. The van der Waals surface area contributed by atoms with Gasteiger partial charge in [0.05, 0.1) is 18.4 Å². The third kappa shape index (κ3) is 4.39. The maximum atomic E-state index is 12.6. The van der Waals surface area contributed by atoms with Crippen LogP contribution in [0.25, 0.3) is 11.4 Å². The molecule has 3 rings (SSSR count). The molecule has 1 heterocycles. The molecule has 0 spiro atoms. The van der Waals surface area contributed by atoms with Crippen LogP contribution in [0.15, 0.2) is 53.7 Å². The van der Waals surface area contributed by atoms with E-state index in [4.69, 9.17) is 4.74 Å². The summed E-state index contributed by atoms with van der Waals surface area (Å²) in [5.74, 6) is 1.74. The van der Waals surface area contributed by atoms with Crippen molar-refractivity contribution in [3.63, 3.8) is 0 Å². The van der Waals surface area contributed by atoms with E-state index in [1.165, 1.54) is 17.3 Å². The molecule has 0 fully saturated rings. The van der Waals surface area contributed by atoms with E-state index in [1.807, 2.05) is 24.3 Å². The Labute approximate surface area is 163 Å². The average Bonchev–Trinajstić information content (AvgIpc) is 3.09. The number of aryl methyl sites for hydroxylation is 1. The summed E-state index contributed by atoms with van der Waals surface area (Å²) in [6, 6.07) is 15.5. The molecule has 0 bridgehead atoms. The average molecular weight is 382 g/mol. The van der Waals surface area contributed by atoms with E-state index in [0.717, 1.165) is 29.5 Å². The lowest BCUT2D eigenvalue weighted by molar-refractivity contribution is 0.101. The van der Waals surface area contributed by atoms with E-state index in [1.54, 1.807) is 19.2 Å². The van der Waals surface area contributed by atoms with Gasteiger partial charge in [-0.2, -0.15) is 0 Å². The Morgan fingerprint density at radius 2 is 1.96 bits per heavy atom. The van der Waals surface area contributed by atoms with Gasteiger partial charge in [0.1, 0.15) is 5.75 Å². The quantitative estimate of drug-likeness (QED) is 0.420. The van der Waals surface area contributed by atoms with E-state index < -0.39 is 0 Å². The van der Waals surface area contributed by atoms with Gasteiger partial charge in [0.15, 0.2) is 16.8 Å². The van der Waals surface area contributed by atoms with Crippen LogP contribution in [-0.4, -0.2) is 33.4 Å². The van der Waals surface area contributed by atoms with Gasteiger partial charge in [-0.25, -0.2) is 0 Å². The first-order valence-corrected chi connectivity index (χ1v) is 9.91. The maximum Gasteiger partial charge on any atom is 0.191 e. The fraction of sp³-hybridized carbons (Fsp3) is 0.286. The van der Waals surface area contributed by atoms with Crippen molar-refractivity contribution in [1.82, 2.24) is 14.8 Å². The van der Waals surface area contributed by atoms with E-state index >= 15 is 0 Å². The predicted molar refractivity (Wildman–Crippen MR) is 109 cm³/mol. The molecule has 0 aliphatic rings. The summed E-state index contributed by atoms with van der Waals surface area (Å²) >= 11 is 1.41. The van der Waals surface area contributed by atoms with Gasteiger partial charge in [-0.15, -0.1) is 10.2 Å². The Bertz CT molecular complexity index is 937. The SMILES string of the molecule is CCCn1c(SCC(=O)c2ccccc2OC)nnc1-c1cccc(C)c1. The number of ketones is 1. The Kier molecular flexibility index (Phi) is 6.29. The standard InChI is InChI=1S/C21H23N3O2S/c1-4-12-24-20(16-9-7-8-15(2)13-16)22-23-21(24)27-14-18(25)17-10-5-6-11-19(17)26-3/h5-11,13H,4,12,14H2,1-3H3. The number of para-hydroxylation sites is 1. The number of thioether (sulfide) groups is 1. The number of ether oxygens (including phenoxy) is 1. The highest BCUT2D eigenvalue weighted by atomic mass is 32.2. The highest BCUT2D eigenvalue weighted by molar-refractivity contribution is 7.99. The minimum Gasteiger partial charge on any atom is -0.496 e. The molecule has 0 aliphatic carbocycles. The maximum absolute atomic E-state index is 12.6. The third-order valence-corrected chi connectivity index (χ3v) is 5.15. The number of nitrogens with zero attached hydrogens (tertiary/aromatic N) is 3. The molecule has 0 saturated carbocycles. The second-order valence-corrected chi connectivity index (χ2v) is 7.18. The molecule has 3 aromatic rings. The normalized spacial score (nSPS) is 10.8. The molecule has 1 aromatic heterocycles. The first kappa shape index (κ1) is 19.2. The smallest absolute Gasteiger partial charge is 0.191 e. The van der Waals surface area contributed by atoms with Crippen LogP contribution in [0, 0.1) is 6.92 Å². The van der Waals surface area contributed by atoms with Crippen LogP contribution >= 0.6 is 11.8 Å². The van der Waals surface area contributed by atoms with Crippen LogP contribution in [0.1, 0.15) is 29.3 Å². The van der Waals surface area contributed by atoms with Crippen LogP contribution in [-0.2, 0) is 6.54 Å². The van der Waals surface area contributed by atoms with Crippen molar-refractivity contribution >= 4 is 17.5 Å². The second-order valence-electron chi connectivity index (χ2n) is 6.24. The largest absolute Gasteiger partial charge is 0.496 e. The predicted octanol–water partition coefficient (Wildman–Crippen LogP) is 4.65. The van der Waals surface area contributed by atoms with Crippen molar-refractivity contribution in [1.29, 1.82) is 0 Å². The molecule has 140 valence electrons. The third-order valence-electron chi connectivity index (χ3n) is 4.18. The zero-order valence-electron chi connectivity index (χ0n) is 15.8. The van der Waals surface area contributed by atoms with Gasteiger partial charge in [-0.05, 0) is 31.5 Å². The van der Waals surface area contributed by atoms with Crippen molar-refractivity contribution in [2.45, 2.75) is 32.0 Å². The van der Waals surface area contributed by atoms with Crippen molar-refractivity contribution < 1.29 is 9.53 Å². The van der Waals surface area contributed by atoms with Crippen LogP contribution < -0.4 is 4.74 Å². The van der Waals surface area contributed by atoms with Crippen molar-refractivity contribution in [2.75, 3.05) is 12.9 Å². The van der Waals surface area contributed by atoms with Gasteiger partial charge in [0.25, 0.3) is 0 Å². The fourth-order valence-corrected chi connectivity index (χ4v) is 3.75. The Hall–Kier alpha value is -2.60. The summed E-state index contributed by atoms with van der Waals surface area (Å²) in [7, 11) is 1.57. The molecule has 5 nitrogen and oxygen atoms in total. The van der Waals surface area contributed by atoms with Crippen LogP contribution in [0.2, 0.25) is 0 Å². The highest BCUT2D eigenvalue weighted by Crippen LogP contribution is 2.27. The number of rotatable bonds is 8. The van der Waals surface area contributed by atoms with E-state index in [0.29, 0.717) is 11.3 Å². The molecule has 0 radical (unpaired) electrons.